The van der Waals surface area contributed by atoms with Crippen molar-refractivity contribution in [1.82, 2.24) is 4.57 Å². The molecule has 4 heteroatoms. The van der Waals surface area contributed by atoms with Crippen molar-refractivity contribution >= 4 is 55.3 Å². The summed E-state index contributed by atoms with van der Waals surface area (Å²) in [4.78, 5) is 5.20. The number of amidine groups is 1. The summed E-state index contributed by atoms with van der Waals surface area (Å²) in [6.45, 7) is 0. The number of nitrogens with one attached hydrogen (secondary N) is 1. The van der Waals surface area contributed by atoms with E-state index in [1.54, 1.807) is 0 Å². The number of anilines is 1. The second-order valence-electron chi connectivity index (χ2n) is 10.8. The predicted molar refractivity (Wildman–Crippen MR) is 173 cm³/mol. The molecule has 0 bridgehead atoms. The molecule has 0 radical (unpaired) electrons. The van der Waals surface area contributed by atoms with Crippen LogP contribution in [0.4, 0.5) is 5.69 Å². The summed E-state index contributed by atoms with van der Waals surface area (Å²) in [6, 6.07) is 48.9. The summed E-state index contributed by atoms with van der Waals surface area (Å²) in [7, 11) is 0. The van der Waals surface area contributed by atoms with Gasteiger partial charge in [0, 0.05) is 44.0 Å². The van der Waals surface area contributed by atoms with Gasteiger partial charge in [-0.3, -0.25) is 4.99 Å². The highest BCUT2D eigenvalue weighted by Gasteiger charge is 2.24. The Morgan fingerprint density at radius 3 is 2.19 bits per heavy atom. The molecule has 0 saturated heterocycles. The molecule has 0 amide bonds. The zero-order valence-electron chi connectivity index (χ0n) is 22.7. The average Bonchev–Trinajstić information content (AvgIpc) is 3.61. The molecule has 2 aromatic heterocycles. The van der Waals surface area contributed by atoms with Crippen molar-refractivity contribution in [3.05, 3.63) is 156 Å². The van der Waals surface area contributed by atoms with Gasteiger partial charge in [0.2, 0.25) is 0 Å². The topological polar surface area (TPSA) is 42.5 Å². The summed E-state index contributed by atoms with van der Waals surface area (Å²) in [6.07, 6.45) is 0. The van der Waals surface area contributed by atoms with E-state index >= 15 is 0 Å². The minimum Gasteiger partial charge on any atom is -0.454 e. The zero-order valence-corrected chi connectivity index (χ0v) is 22.7. The van der Waals surface area contributed by atoms with Crippen LogP contribution in [0.1, 0.15) is 22.7 Å². The van der Waals surface area contributed by atoms with Gasteiger partial charge in [-0.15, -0.1) is 0 Å². The van der Waals surface area contributed by atoms with E-state index in [-0.39, 0.29) is 6.04 Å². The van der Waals surface area contributed by atoms with Crippen LogP contribution in [-0.2, 0) is 0 Å². The molecule has 4 nitrogen and oxygen atoms in total. The van der Waals surface area contributed by atoms with Crippen LogP contribution >= 0.6 is 0 Å². The second-order valence-corrected chi connectivity index (χ2v) is 10.8. The maximum atomic E-state index is 6.51. The predicted octanol–water partition coefficient (Wildman–Crippen LogP) is 9.64. The van der Waals surface area contributed by atoms with Gasteiger partial charge in [0.05, 0.1) is 11.0 Å². The molecule has 1 aliphatic rings. The number of para-hydroxylation sites is 3. The number of benzene rings is 6. The minimum absolute atomic E-state index is 0.0583. The molecule has 8 aromatic rings. The van der Waals surface area contributed by atoms with Crippen LogP contribution in [0.15, 0.2) is 149 Å². The standard InChI is InChI=1S/C38H25N3O/c1-2-10-24(11-3-1)35-31-14-4-7-15-32(31)39-38(40-35)25-18-20-26(21-19-25)41-33-16-8-5-12-27(33)29-22-23-30-28-13-6-9-17-34(28)42-37(30)36(29)41/h1-23,35H,(H,39,40). The smallest absolute Gasteiger partial charge is 0.160 e. The molecule has 6 aromatic carbocycles. The fraction of sp³-hybridized carbons (Fsp3) is 0.0263. The summed E-state index contributed by atoms with van der Waals surface area (Å²) in [5.74, 6) is 0.871. The second kappa shape index (κ2) is 8.95. The monoisotopic (exact) mass is 539 g/mol. The number of hydrogen-bond acceptors (Lipinski definition) is 3. The van der Waals surface area contributed by atoms with Gasteiger partial charge < -0.3 is 14.3 Å². The van der Waals surface area contributed by atoms with Gasteiger partial charge in [0.15, 0.2) is 5.58 Å². The Balaban J connectivity index is 1.21. The lowest BCUT2D eigenvalue weighted by Gasteiger charge is -2.26. The Labute approximate surface area is 242 Å². The lowest BCUT2D eigenvalue weighted by Crippen LogP contribution is -2.22. The van der Waals surface area contributed by atoms with Crippen molar-refractivity contribution in [2.75, 3.05) is 5.32 Å². The van der Waals surface area contributed by atoms with E-state index in [2.05, 4.69) is 131 Å². The Kier molecular flexibility index (Phi) is 4.93. The number of aromatic nitrogens is 1. The third kappa shape index (κ3) is 3.39. The van der Waals surface area contributed by atoms with Crippen LogP contribution in [0, 0.1) is 0 Å². The van der Waals surface area contributed by atoms with Gasteiger partial charge in [-0.2, -0.15) is 0 Å². The molecule has 198 valence electrons. The Bertz CT molecular complexity index is 2320. The molecule has 0 spiro atoms. The minimum atomic E-state index is -0.0583. The van der Waals surface area contributed by atoms with E-state index in [0.717, 1.165) is 55.7 Å². The van der Waals surface area contributed by atoms with Gasteiger partial charge in [0.1, 0.15) is 17.5 Å². The molecular formula is C38H25N3O. The molecule has 42 heavy (non-hydrogen) atoms. The van der Waals surface area contributed by atoms with Gasteiger partial charge in [-0.05, 0) is 54.1 Å². The molecule has 9 rings (SSSR count). The quantitative estimate of drug-likeness (QED) is 0.243. The lowest BCUT2D eigenvalue weighted by molar-refractivity contribution is 0.671. The highest BCUT2D eigenvalue weighted by Crippen LogP contribution is 2.40. The maximum absolute atomic E-state index is 6.51. The van der Waals surface area contributed by atoms with Crippen LogP contribution in [0.25, 0.3) is 49.4 Å². The van der Waals surface area contributed by atoms with Crippen LogP contribution in [0.5, 0.6) is 0 Å². The molecule has 3 heterocycles. The highest BCUT2D eigenvalue weighted by molar-refractivity contribution is 6.21. The Morgan fingerprint density at radius 2 is 1.31 bits per heavy atom. The number of hydrogen-bond donors (Lipinski definition) is 1. The SMILES string of the molecule is c1ccc(C2N=C(c3ccc(-n4c5ccccc5c5ccc6c7ccccc7oc6c54)cc3)Nc3ccccc32)cc1. The van der Waals surface area contributed by atoms with E-state index in [1.165, 1.54) is 21.9 Å². The van der Waals surface area contributed by atoms with Crippen LogP contribution < -0.4 is 5.32 Å². The highest BCUT2D eigenvalue weighted by atomic mass is 16.3. The zero-order chi connectivity index (χ0) is 27.6. The largest absolute Gasteiger partial charge is 0.454 e. The third-order valence-electron chi connectivity index (χ3n) is 8.46. The molecule has 0 aliphatic carbocycles. The van der Waals surface area contributed by atoms with Gasteiger partial charge >= 0.3 is 0 Å². The van der Waals surface area contributed by atoms with Gasteiger partial charge in [0.25, 0.3) is 0 Å². The van der Waals surface area contributed by atoms with Crippen molar-refractivity contribution in [2.45, 2.75) is 6.04 Å². The van der Waals surface area contributed by atoms with Gasteiger partial charge in [-0.1, -0.05) is 91.0 Å². The molecule has 1 unspecified atom stereocenters. The van der Waals surface area contributed by atoms with Gasteiger partial charge in [-0.25, -0.2) is 0 Å². The number of aliphatic imine (C=N–C) groups is 1. The number of furan rings is 1. The van der Waals surface area contributed by atoms with Crippen LogP contribution in [0.2, 0.25) is 0 Å². The van der Waals surface area contributed by atoms with Crippen molar-refractivity contribution in [3.8, 4) is 5.69 Å². The van der Waals surface area contributed by atoms with Crippen molar-refractivity contribution in [1.29, 1.82) is 0 Å². The van der Waals surface area contributed by atoms with Crippen molar-refractivity contribution in [2.24, 2.45) is 4.99 Å². The molecule has 1 N–H and O–H groups in total. The first-order valence-electron chi connectivity index (χ1n) is 14.3. The normalized spacial score (nSPS) is 14.8. The molecule has 1 atom stereocenters. The summed E-state index contributed by atoms with van der Waals surface area (Å²) < 4.78 is 8.84. The molecule has 1 aliphatic heterocycles. The number of fused-ring (bicyclic) bond motifs is 8. The first-order valence-corrected chi connectivity index (χ1v) is 14.3. The maximum Gasteiger partial charge on any atom is 0.160 e. The molecule has 0 saturated carbocycles. The number of nitrogens with zero attached hydrogens (tertiary/aromatic N) is 2. The fourth-order valence-electron chi connectivity index (χ4n) is 6.51. The van der Waals surface area contributed by atoms with Crippen LogP contribution in [0.3, 0.4) is 0 Å². The summed E-state index contributed by atoms with van der Waals surface area (Å²) in [5, 5.41) is 8.25. The van der Waals surface area contributed by atoms with Crippen molar-refractivity contribution in [3.63, 3.8) is 0 Å². The Morgan fingerprint density at radius 1 is 0.595 bits per heavy atom. The average molecular weight is 540 g/mol. The third-order valence-corrected chi connectivity index (χ3v) is 8.46. The fourth-order valence-corrected chi connectivity index (χ4v) is 6.51. The molecule has 0 fully saturated rings. The Hall–Kier alpha value is -5.61. The van der Waals surface area contributed by atoms with E-state index in [1.807, 2.05) is 18.2 Å². The number of rotatable bonds is 3. The van der Waals surface area contributed by atoms with E-state index in [4.69, 9.17) is 9.41 Å². The first-order chi connectivity index (χ1) is 20.8. The van der Waals surface area contributed by atoms with Crippen molar-refractivity contribution < 1.29 is 4.42 Å². The summed E-state index contributed by atoms with van der Waals surface area (Å²) >= 11 is 0. The van der Waals surface area contributed by atoms with E-state index in [0.29, 0.717) is 0 Å². The summed E-state index contributed by atoms with van der Waals surface area (Å²) in [5.41, 5.74) is 9.64. The first kappa shape index (κ1) is 23.1. The lowest BCUT2D eigenvalue weighted by atomic mass is 9.95. The molecular weight excluding hydrogens is 514 g/mol. The van der Waals surface area contributed by atoms with E-state index < -0.39 is 0 Å². The van der Waals surface area contributed by atoms with Crippen LogP contribution in [-0.4, -0.2) is 10.4 Å². The van der Waals surface area contributed by atoms with E-state index in [9.17, 15) is 0 Å².